The van der Waals surface area contributed by atoms with Gasteiger partial charge in [-0.15, -0.1) is 0 Å². The van der Waals surface area contributed by atoms with Gasteiger partial charge in [0.1, 0.15) is 0 Å². The Kier molecular flexibility index (Phi) is 1.93. The average Bonchev–Trinajstić information content (AvgIpc) is 2.61. The van der Waals surface area contributed by atoms with Crippen molar-refractivity contribution in [3.8, 4) is 0 Å². The van der Waals surface area contributed by atoms with Crippen molar-refractivity contribution in [2.24, 2.45) is 5.73 Å². The molecule has 3 heteroatoms. The molecule has 1 aromatic rings. The minimum Gasteiger partial charge on any atom is -0.325 e. The summed E-state index contributed by atoms with van der Waals surface area (Å²) in [6, 6.07) is 0. The molecule has 1 fully saturated rings. The molecule has 0 unspecified atom stereocenters. The second-order valence-corrected chi connectivity index (χ2v) is 4.42. The summed E-state index contributed by atoms with van der Waals surface area (Å²) in [5.41, 5.74) is 8.76. The number of nitrogens with two attached hydrogens (primary N) is 1. The quantitative estimate of drug-likeness (QED) is 0.775. The summed E-state index contributed by atoms with van der Waals surface area (Å²) in [4.78, 5) is 0. The molecule has 0 radical (unpaired) electrons. The molecule has 0 aromatic carbocycles. The number of nitrogens with zero attached hydrogens (tertiary/aromatic N) is 1. The van der Waals surface area contributed by atoms with Gasteiger partial charge in [-0.1, -0.05) is 0 Å². The lowest BCUT2D eigenvalue weighted by Gasteiger charge is -2.06. The van der Waals surface area contributed by atoms with Gasteiger partial charge in [0, 0.05) is 10.9 Å². The van der Waals surface area contributed by atoms with Crippen LogP contribution in [0.15, 0.2) is 5.38 Å². The zero-order valence-electron chi connectivity index (χ0n) is 7.34. The summed E-state index contributed by atoms with van der Waals surface area (Å²) in [7, 11) is 0. The Bertz CT molecular complexity index is 276. The van der Waals surface area contributed by atoms with E-state index in [-0.39, 0.29) is 5.54 Å². The number of aromatic nitrogens is 1. The van der Waals surface area contributed by atoms with Crippen molar-refractivity contribution < 1.29 is 0 Å². The van der Waals surface area contributed by atoms with Gasteiger partial charge in [0.2, 0.25) is 0 Å². The molecule has 0 aliphatic heterocycles. The molecule has 1 aliphatic rings. The van der Waals surface area contributed by atoms with Gasteiger partial charge in [-0.3, -0.25) is 0 Å². The fraction of sp³-hybridized carbons (Fsp3) is 0.667. The van der Waals surface area contributed by atoms with Crippen LogP contribution in [0.4, 0.5) is 0 Å². The van der Waals surface area contributed by atoms with Crippen molar-refractivity contribution in [1.82, 2.24) is 4.37 Å². The summed E-state index contributed by atoms with van der Waals surface area (Å²) < 4.78 is 4.24. The van der Waals surface area contributed by atoms with Crippen LogP contribution in [0.5, 0.6) is 0 Å². The second kappa shape index (κ2) is 2.82. The van der Waals surface area contributed by atoms with Gasteiger partial charge in [0.15, 0.2) is 0 Å². The molecule has 0 atom stereocenters. The monoisotopic (exact) mass is 182 g/mol. The topological polar surface area (TPSA) is 38.9 Å². The van der Waals surface area contributed by atoms with Crippen LogP contribution < -0.4 is 5.73 Å². The van der Waals surface area contributed by atoms with Crippen molar-refractivity contribution in [2.75, 3.05) is 0 Å². The summed E-state index contributed by atoms with van der Waals surface area (Å²) in [5.74, 6) is 0. The van der Waals surface area contributed by atoms with Gasteiger partial charge in [0.25, 0.3) is 0 Å². The first-order valence-corrected chi connectivity index (χ1v) is 5.22. The van der Waals surface area contributed by atoms with E-state index in [9.17, 15) is 0 Å². The van der Waals surface area contributed by atoms with Crippen molar-refractivity contribution >= 4 is 11.5 Å². The molecule has 1 aromatic heterocycles. The maximum atomic E-state index is 6.00. The fourth-order valence-corrected chi connectivity index (χ4v) is 2.09. The molecule has 0 spiro atoms. The van der Waals surface area contributed by atoms with Crippen LogP contribution in [0, 0.1) is 6.92 Å². The predicted octanol–water partition coefficient (Wildman–Crippen LogP) is 1.88. The zero-order valence-corrected chi connectivity index (χ0v) is 8.16. The highest BCUT2D eigenvalue weighted by atomic mass is 32.1. The van der Waals surface area contributed by atoms with E-state index in [1.807, 2.05) is 0 Å². The zero-order chi connectivity index (χ0) is 8.60. The summed E-state index contributed by atoms with van der Waals surface area (Å²) in [6.07, 6.45) is 4.66. The van der Waals surface area contributed by atoms with Crippen molar-refractivity contribution in [1.29, 1.82) is 0 Å². The van der Waals surface area contributed by atoms with Gasteiger partial charge in [-0.25, -0.2) is 0 Å². The largest absolute Gasteiger partial charge is 0.325 e. The molecule has 1 aliphatic carbocycles. The number of hydrogen-bond donors (Lipinski definition) is 1. The lowest BCUT2D eigenvalue weighted by atomic mass is 10.1. The molecule has 1 heterocycles. The molecule has 1 saturated carbocycles. The third kappa shape index (κ3) is 1.67. The summed E-state index contributed by atoms with van der Waals surface area (Å²) >= 11 is 1.55. The molecule has 0 bridgehead atoms. The highest BCUT2D eigenvalue weighted by Crippen LogP contribution is 2.36. The van der Waals surface area contributed by atoms with Crippen LogP contribution in [0.25, 0.3) is 0 Å². The van der Waals surface area contributed by atoms with E-state index in [0.29, 0.717) is 0 Å². The predicted molar refractivity (Wildman–Crippen MR) is 51.3 cm³/mol. The second-order valence-electron chi connectivity index (χ2n) is 3.79. The third-order valence-corrected chi connectivity index (χ3v) is 3.40. The Morgan fingerprint density at radius 2 is 2.42 bits per heavy atom. The standard InChI is InChI=1S/C9H14N2S/c1-7-8(6-12-11-7)2-3-9(10)4-5-9/h6H,2-5,10H2,1H3. The Hall–Kier alpha value is -0.410. The van der Waals surface area contributed by atoms with Crippen LogP contribution in [0.2, 0.25) is 0 Å². The molecule has 0 saturated heterocycles. The first-order valence-electron chi connectivity index (χ1n) is 4.38. The number of aryl methyl sites for hydroxylation is 2. The Morgan fingerprint density at radius 3 is 2.92 bits per heavy atom. The first kappa shape index (κ1) is 8.20. The maximum Gasteiger partial charge on any atom is 0.0543 e. The minimum atomic E-state index is 0.189. The Morgan fingerprint density at radius 1 is 1.67 bits per heavy atom. The number of hydrogen-bond acceptors (Lipinski definition) is 3. The highest BCUT2D eigenvalue weighted by Gasteiger charge is 2.37. The summed E-state index contributed by atoms with van der Waals surface area (Å²) in [6.45, 7) is 2.07. The van der Waals surface area contributed by atoms with Crippen LogP contribution >= 0.6 is 11.5 Å². The van der Waals surface area contributed by atoms with E-state index in [2.05, 4.69) is 16.7 Å². The average molecular weight is 182 g/mol. The van der Waals surface area contributed by atoms with Gasteiger partial charge in [-0.05, 0) is 49.7 Å². The van der Waals surface area contributed by atoms with Gasteiger partial charge in [-0.2, -0.15) is 4.37 Å². The van der Waals surface area contributed by atoms with E-state index in [1.54, 1.807) is 11.5 Å². The van der Waals surface area contributed by atoms with Gasteiger partial charge >= 0.3 is 0 Å². The third-order valence-electron chi connectivity index (χ3n) is 2.63. The van der Waals surface area contributed by atoms with Crippen molar-refractivity contribution in [2.45, 2.75) is 38.1 Å². The number of rotatable bonds is 3. The Labute approximate surface area is 77.0 Å². The normalized spacial score (nSPS) is 19.5. The molecule has 2 rings (SSSR count). The van der Waals surface area contributed by atoms with Crippen LogP contribution in [-0.2, 0) is 6.42 Å². The smallest absolute Gasteiger partial charge is 0.0543 e. The van der Waals surface area contributed by atoms with Crippen LogP contribution in [-0.4, -0.2) is 9.91 Å². The Balaban J connectivity index is 1.91. The molecule has 2 N–H and O–H groups in total. The van der Waals surface area contributed by atoms with E-state index < -0.39 is 0 Å². The molecular formula is C9H14N2S. The summed E-state index contributed by atoms with van der Waals surface area (Å²) in [5, 5.41) is 2.14. The molecule has 66 valence electrons. The molecular weight excluding hydrogens is 168 g/mol. The molecule has 12 heavy (non-hydrogen) atoms. The lowest BCUT2D eigenvalue weighted by Crippen LogP contribution is -2.22. The molecule has 0 amide bonds. The van der Waals surface area contributed by atoms with Crippen molar-refractivity contribution in [3.63, 3.8) is 0 Å². The van der Waals surface area contributed by atoms with E-state index in [0.717, 1.165) is 12.8 Å². The highest BCUT2D eigenvalue weighted by molar-refractivity contribution is 7.03. The first-order chi connectivity index (χ1) is 5.70. The molecule has 2 nitrogen and oxygen atoms in total. The SMILES string of the molecule is Cc1nscc1CCC1(N)CC1. The van der Waals surface area contributed by atoms with Crippen LogP contribution in [0.3, 0.4) is 0 Å². The van der Waals surface area contributed by atoms with Gasteiger partial charge in [0.05, 0.1) is 5.69 Å². The van der Waals surface area contributed by atoms with Gasteiger partial charge < -0.3 is 5.73 Å². The fourth-order valence-electron chi connectivity index (χ4n) is 1.35. The van der Waals surface area contributed by atoms with E-state index in [1.165, 1.54) is 24.1 Å². The minimum absolute atomic E-state index is 0.189. The lowest BCUT2D eigenvalue weighted by molar-refractivity contribution is 0.608. The van der Waals surface area contributed by atoms with E-state index >= 15 is 0 Å². The maximum absolute atomic E-state index is 6.00. The van der Waals surface area contributed by atoms with Crippen LogP contribution in [0.1, 0.15) is 30.5 Å². The van der Waals surface area contributed by atoms with E-state index in [4.69, 9.17) is 5.73 Å². The van der Waals surface area contributed by atoms with Crippen molar-refractivity contribution in [3.05, 3.63) is 16.6 Å².